The van der Waals surface area contributed by atoms with Crippen LogP contribution < -0.4 is 5.32 Å². The molecule has 0 aromatic carbocycles. The molecule has 2 aliphatic heterocycles. The minimum absolute atomic E-state index is 0. The van der Waals surface area contributed by atoms with Gasteiger partial charge in [-0.3, -0.25) is 10.00 Å². The van der Waals surface area contributed by atoms with Crippen molar-refractivity contribution in [1.82, 2.24) is 20.4 Å². The van der Waals surface area contributed by atoms with Gasteiger partial charge in [-0.2, -0.15) is 5.10 Å². The molecule has 0 spiro atoms. The Morgan fingerprint density at radius 2 is 2.18 bits per heavy atom. The van der Waals surface area contributed by atoms with Gasteiger partial charge in [-0.05, 0) is 13.3 Å². The average Bonchev–Trinajstić information content (AvgIpc) is 3.17. The van der Waals surface area contributed by atoms with Crippen molar-refractivity contribution in [3.8, 4) is 0 Å². The molecule has 6 nitrogen and oxygen atoms in total. The fourth-order valence-corrected chi connectivity index (χ4v) is 3.27. The lowest BCUT2D eigenvalue weighted by molar-refractivity contribution is 0.00137. The van der Waals surface area contributed by atoms with Crippen molar-refractivity contribution in [3.63, 3.8) is 0 Å². The first kappa shape index (κ1) is 17.7. The van der Waals surface area contributed by atoms with Crippen molar-refractivity contribution in [2.45, 2.75) is 25.9 Å². The predicted octanol–water partition coefficient (Wildman–Crippen LogP) is 0.967. The molecule has 2 atom stereocenters. The van der Waals surface area contributed by atoms with Crippen LogP contribution in [0.1, 0.15) is 17.7 Å². The van der Waals surface area contributed by atoms with E-state index in [-0.39, 0.29) is 12.4 Å². The van der Waals surface area contributed by atoms with E-state index in [0.29, 0.717) is 12.0 Å². The van der Waals surface area contributed by atoms with Gasteiger partial charge in [0, 0.05) is 56.0 Å². The lowest BCUT2D eigenvalue weighted by Gasteiger charge is -2.37. The summed E-state index contributed by atoms with van der Waals surface area (Å²) < 4.78 is 11.1. The van der Waals surface area contributed by atoms with Crippen LogP contribution in [0, 0.1) is 12.8 Å². The molecule has 0 radical (unpaired) electrons. The third kappa shape index (κ3) is 4.43. The summed E-state index contributed by atoms with van der Waals surface area (Å²) in [4.78, 5) is 2.57. The van der Waals surface area contributed by atoms with Crippen LogP contribution in [0.25, 0.3) is 0 Å². The molecular weight excluding hydrogens is 304 g/mol. The van der Waals surface area contributed by atoms with Gasteiger partial charge >= 0.3 is 0 Å². The average molecular weight is 331 g/mol. The highest BCUT2D eigenvalue weighted by molar-refractivity contribution is 5.85. The Balaban J connectivity index is 0.00000176. The number of aromatic nitrogens is 2. The van der Waals surface area contributed by atoms with E-state index in [0.717, 1.165) is 58.3 Å². The number of rotatable bonds is 6. The summed E-state index contributed by atoms with van der Waals surface area (Å²) in [5, 5.41) is 10.7. The normalized spacial score (nSPS) is 24.1. The summed E-state index contributed by atoms with van der Waals surface area (Å²) in [5.41, 5.74) is 2.40. The second-order valence-electron chi connectivity index (χ2n) is 5.99. The van der Waals surface area contributed by atoms with Crippen LogP contribution in [0.5, 0.6) is 0 Å². The minimum atomic E-state index is 0. The molecule has 22 heavy (non-hydrogen) atoms. The van der Waals surface area contributed by atoms with Crippen molar-refractivity contribution >= 4 is 12.4 Å². The van der Waals surface area contributed by atoms with Crippen LogP contribution >= 0.6 is 12.4 Å². The van der Waals surface area contributed by atoms with Crippen molar-refractivity contribution in [2.24, 2.45) is 5.92 Å². The highest BCUT2D eigenvalue weighted by Crippen LogP contribution is 2.22. The lowest BCUT2D eigenvalue weighted by Crippen LogP contribution is -2.51. The maximum absolute atomic E-state index is 5.60. The van der Waals surface area contributed by atoms with Crippen LogP contribution in [0.15, 0.2) is 6.20 Å². The smallest absolute Gasteiger partial charge is 0.0594 e. The molecular formula is C15H27ClN4O2. The van der Waals surface area contributed by atoms with E-state index in [1.807, 2.05) is 6.20 Å². The maximum Gasteiger partial charge on any atom is 0.0594 e. The zero-order chi connectivity index (χ0) is 14.5. The van der Waals surface area contributed by atoms with E-state index in [1.165, 1.54) is 12.0 Å². The molecule has 3 rings (SSSR count). The second-order valence-corrected chi connectivity index (χ2v) is 5.99. The van der Waals surface area contributed by atoms with E-state index >= 15 is 0 Å². The number of H-pyrrole nitrogens is 1. The zero-order valence-electron chi connectivity index (χ0n) is 13.2. The van der Waals surface area contributed by atoms with E-state index in [9.17, 15) is 0 Å². The van der Waals surface area contributed by atoms with E-state index < -0.39 is 0 Å². The first-order valence-electron chi connectivity index (χ1n) is 7.93. The topological polar surface area (TPSA) is 62.4 Å². The SMILES string of the molecule is Cc1[nH]ncc1CNCC(C1CCOC1)N1CCOCC1.Cl. The molecule has 0 saturated carbocycles. The number of hydrogen-bond acceptors (Lipinski definition) is 5. The van der Waals surface area contributed by atoms with Gasteiger partial charge in [-0.1, -0.05) is 0 Å². The van der Waals surface area contributed by atoms with Gasteiger partial charge in [-0.15, -0.1) is 12.4 Å². The fraction of sp³-hybridized carbons (Fsp3) is 0.800. The first-order valence-corrected chi connectivity index (χ1v) is 7.93. The Morgan fingerprint density at radius 3 is 2.82 bits per heavy atom. The lowest BCUT2D eigenvalue weighted by atomic mass is 9.97. The Hall–Kier alpha value is -0.660. The molecule has 7 heteroatoms. The molecule has 0 bridgehead atoms. The number of nitrogens with one attached hydrogen (secondary N) is 2. The van der Waals surface area contributed by atoms with Crippen LogP contribution in [0.3, 0.4) is 0 Å². The fourth-order valence-electron chi connectivity index (χ4n) is 3.27. The van der Waals surface area contributed by atoms with E-state index in [1.54, 1.807) is 0 Å². The monoisotopic (exact) mass is 330 g/mol. The molecule has 2 saturated heterocycles. The third-order valence-corrected chi connectivity index (χ3v) is 4.63. The highest BCUT2D eigenvalue weighted by atomic mass is 35.5. The molecule has 3 heterocycles. The highest BCUT2D eigenvalue weighted by Gasteiger charge is 2.31. The number of hydrogen-bond donors (Lipinski definition) is 2. The van der Waals surface area contributed by atoms with Crippen LogP contribution in [-0.4, -0.2) is 67.2 Å². The molecule has 0 amide bonds. The first-order chi connectivity index (χ1) is 10.3. The summed E-state index contributed by atoms with van der Waals surface area (Å²) in [6.07, 6.45) is 3.08. The largest absolute Gasteiger partial charge is 0.381 e. The maximum atomic E-state index is 5.60. The number of ether oxygens (including phenoxy) is 2. The quantitative estimate of drug-likeness (QED) is 0.813. The van der Waals surface area contributed by atoms with Gasteiger partial charge in [0.05, 0.1) is 26.0 Å². The Bertz CT molecular complexity index is 431. The molecule has 126 valence electrons. The summed E-state index contributed by atoms with van der Waals surface area (Å²) >= 11 is 0. The van der Waals surface area contributed by atoms with Gasteiger partial charge in [0.25, 0.3) is 0 Å². The van der Waals surface area contributed by atoms with Crippen molar-refractivity contribution in [3.05, 3.63) is 17.5 Å². The number of nitrogens with zero attached hydrogens (tertiary/aromatic N) is 2. The van der Waals surface area contributed by atoms with Crippen LogP contribution in [0.4, 0.5) is 0 Å². The van der Waals surface area contributed by atoms with Crippen LogP contribution in [-0.2, 0) is 16.0 Å². The molecule has 2 fully saturated rings. The van der Waals surface area contributed by atoms with Gasteiger partial charge in [0.2, 0.25) is 0 Å². The molecule has 0 aliphatic carbocycles. The molecule has 2 aliphatic rings. The Morgan fingerprint density at radius 1 is 1.36 bits per heavy atom. The third-order valence-electron chi connectivity index (χ3n) is 4.63. The number of aromatic amines is 1. The minimum Gasteiger partial charge on any atom is -0.381 e. The number of morpholine rings is 1. The van der Waals surface area contributed by atoms with Crippen molar-refractivity contribution in [1.29, 1.82) is 0 Å². The van der Waals surface area contributed by atoms with Gasteiger partial charge in [-0.25, -0.2) is 0 Å². The second kappa shape index (κ2) is 8.84. The summed E-state index contributed by atoms with van der Waals surface area (Å²) in [5.74, 6) is 0.640. The molecule has 2 N–H and O–H groups in total. The van der Waals surface area contributed by atoms with Gasteiger partial charge in [0.1, 0.15) is 0 Å². The van der Waals surface area contributed by atoms with Crippen LogP contribution in [0.2, 0.25) is 0 Å². The van der Waals surface area contributed by atoms with Crippen molar-refractivity contribution in [2.75, 3.05) is 46.1 Å². The van der Waals surface area contributed by atoms with Gasteiger partial charge in [0.15, 0.2) is 0 Å². The van der Waals surface area contributed by atoms with Gasteiger partial charge < -0.3 is 14.8 Å². The van der Waals surface area contributed by atoms with Crippen molar-refractivity contribution < 1.29 is 9.47 Å². The Kier molecular flexibility index (Phi) is 7.11. The summed E-state index contributed by atoms with van der Waals surface area (Å²) in [6.45, 7) is 9.52. The standard InChI is InChI=1S/C15H26N4O2.ClH/c1-12-14(9-17-18-12)8-16-10-15(13-2-5-21-11-13)19-3-6-20-7-4-19;/h9,13,15-16H,2-8,10-11H2,1H3,(H,17,18);1H. The number of aryl methyl sites for hydroxylation is 1. The summed E-state index contributed by atoms with van der Waals surface area (Å²) in [6, 6.07) is 0.545. The predicted molar refractivity (Wildman–Crippen MR) is 87.4 cm³/mol. The zero-order valence-corrected chi connectivity index (χ0v) is 14.0. The van der Waals surface area contributed by atoms with E-state index in [2.05, 4.69) is 27.3 Å². The molecule has 2 unspecified atom stereocenters. The van der Waals surface area contributed by atoms with E-state index in [4.69, 9.17) is 9.47 Å². The molecule has 1 aromatic heterocycles. The molecule has 1 aromatic rings. The summed E-state index contributed by atoms with van der Waals surface area (Å²) in [7, 11) is 0. The Labute approximate surface area is 138 Å². The number of halogens is 1.